The van der Waals surface area contributed by atoms with E-state index in [-0.39, 0.29) is 12.7 Å². The van der Waals surface area contributed by atoms with Crippen LogP contribution < -0.4 is 14.8 Å². The van der Waals surface area contributed by atoms with Gasteiger partial charge < -0.3 is 24.8 Å². The van der Waals surface area contributed by atoms with Crippen molar-refractivity contribution in [2.24, 2.45) is 0 Å². The Morgan fingerprint density at radius 2 is 1.55 bits per heavy atom. The van der Waals surface area contributed by atoms with Crippen molar-refractivity contribution in [2.45, 2.75) is 19.1 Å². The van der Waals surface area contributed by atoms with Gasteiger partial charge in [0.15, 0.2) is 11.5 Å². The van der Waals surface area contributed by atoms with Gasteiger partial charge in [-0.2, -0.15) is 13.2 Å². The summed E-state index contributed by atoms with van der Waals surface area (Å²) in [6.45, 7) is 6.00. The summed E-state index contributed by atoms with van der Waals surface area (Å²) in [6.07, 6.45) is -4.60. The van der Waals surface area contributed by atoms with E-state index in [4.69, 9.17) is 19.4 Å². The fourth-order valence-electron chi connectivity index (χ4n) is 4.30. The maximum absolute atomic E-state index is 12.4. The Labute approximate surface area is 217 Å². The summed E-state index contributed by atoms with van der Waals surface area (Å²) in [5.41, 5.74) is 2.13. The summed E-state index contributed by atoms with van der Waals surface area (Å²) in [4.78, 5) is 26.1. The number of amides is 1. The molecule has 1 saturated heterocycles. The van der Waals surface area contributed by atoms with Gasteiger partial charge in [0, 0.05) is 57.4 Å². The number of anilines is 1. The molecule has 1 fully saturated rings. The SMILES string of the molecule is O=C(CCN1CCN(Cc2cccc3ccccc23)CC1)Nc1ccc2c(c1)OCO2.O=C(O)C(F)(F)F. The minimum absolute atomic E-state index is 0.0250. The van der Waals surface area contributed by atoms with Crippen molar-refractivity contribution < 1.29 is 37.3 Å². The summed E-state index contributed by atoms with van der Waals surface area (Å²) >= 11 is 0. The van der Waals surface area contributed by atoms with Gasteiger partial charge in [0.2, 0.25) is 12.7 Å². The highest BCUT2D eigenvalue weighted by molar-refractivity contribution is 5.91. The molecule has 3 aromatic rings. The Balaban J connectivity index is 0.000000426. The molecule has 0 atom stereocenters. The third-order valence-electron chi connectivity index (χ3n) is 6.29. The molecule has 0 radical (unpaired) electrons. The predicted octanol–water partition coefficient (Wildman–Crippen LogP) is 4.35. The van der Waals surface area contributed by atoms with Crippen molar-refractivity contribution >= 4 is 28.3 Å². The summed E-state index contributed by atoms with van der Waals surface area (Å²) < 4.78 is 42.4. The number of carboxylic acid groups (broad SMARTS) is 1. The largest absolute Gasteiger partial charge is 0.490 e. The molecule has 11 heteroatoms. The highest BCUT2D eigenvalue weighted by Crippen LogP contribution is 2.34. The predicted molar refractivity (Wildman–Crippen MR) is 135 cm³/mol. The van der Waals surface area contributed by atoms with Gasteiger partial charge in [0.1, 0.15) is 0 Å². The molecule has 38 heavy (non-hydrogen) atoms. The number of ether oxygens (including phenoxy) is 2. The molecule has 2 heterocycles. The summed E-state index contributed by atoms with van der Waals surface area (Å²) in [7, 11) is 0. The normalized spacial score (nSPS) is 15.6. The highest BCUT2D eigenvalue weighted by atomic mass is 19.4. The number of hydrogen-bond donors (Lipinski definition) is 2. The topological polar surface area (TPSA) is 91.3 Å². The van der Waals surface area contributed by atoms with Crippen LogP contribution in [0.3, 0.4) is 0 Å². The summed E-state index contributed by atoms with van der Waals surface area (Å²) in [5, 5.41) is 12.7. The van der Waals surface area contributed by atoms with Crippen LogP contribution in [0.1, 0.15) is 12.0 Å². The number of rotatable bonds is 6. The first-order valence-corrected chi connectivity index (χ1v) is 12.1. The van der Waals surface area contributed by atoms with Gasteiger partial charge in [-0.15, -0.1) is 0 Å². The quantitative estimate of drug-likeness (QED) is 0.489. The molecular weight excluding hydrogens is 503 g/mol. The van der Waals surface area contributed by atoms with Crippen molar-refractivity contribution in [3.63, 3.8) is 0 Å². The Hall–Kier alpha value is -3.83. The maximum atomic E-state index is 12.4. The number of carboxylic acids is 1. The number of benzene rings is 3. The molecule has 0 aliphatic carbocycles. The molecule has 2 N–H and O–H groups in total. The number of carbonyl (C=O) groups excluding carboxylic acids is 1. The van der Waals surface area contributed by atoms with Crippen LogP contribution in [0.25, 0.3) is 10.8 Å². The molecule has 2 aliphatic rings. The average molecular weight is 532 g/mol. The maximum Gasteiger partial charge on any atom is 0.490 e. The van der Waals surface area contributed by atoms with Gasteiger partial charge in [-0.3, -0.25) is 9.69 Å². The van der Waals surface area contributed by atoms with Crippen molar-refractivity contribution in [2.75, 3.05) is 44.8 Å². The van der Waals surface area contributed by atoms with E-state index < -0.39 is 12.1 Å². The molecule has 5 rings (SSSR count). The van der Waals surface area contributed by atoms with E-state index in [1.165, 1.54) is 16.3 Å². The van der Waals surface area contributed by atoms with Crippen molar-refractivity contribution in [1.29, 1.82) is 0 Å². The van der Waals surface area contributed by atoms with E-state index in [0.29, 0.717) is 12.2 Å². The van der Waals surface area contributed by atoms with Gasteiger partial charge in [-0.05, 0) is 28.5 Å². The number of nitrogens with zero attached hydrogens (tertiary/aromatic N) is 2. The monoisotopic (exact) mass is 531 g/mol. The first-order valence-electron chi connectivity index (χ1n) is 12.1. The van der Waals surface area contributed by atoms with Crippen molar-refractivity contribution in [3.05, 3.63) is 66.2 Å². The highest BCUT2D eigenvalue weighted by Gasteiger charge is 2.38. The molecule has 8 nitrogen and oxygen atoms in total. The fourth-order valence-corrected chi connectivity index (χ4v) is 4.30. The minimum atomic E-state index is -5.08. The molecule has 202 valence electrons. The van der Waals surface area contributed by atoms with E-state index in [1.54, 1.807) is 0 Å². The van der Waals surface area contributed by atoms with Gasteiger partial charge in [-0.1, -0.05) is 42.5 Å². The van der Waals surface area contributed by atoms with Crippen molar-refractivity contribution in [3.8, 4) is 11.5 Å². The van der Waals surface area contributed by atoms with Gasteiger partial charge in [0.05, 0.1) is 0 Å². The molecule has 0 spiro atoms. The Bertz CT molecular complexity index is 1270. The van der Waals surface area contributed by atoms with Crippen LogP contribution in [-0.2, 0) is 16.1 Å². The summed E-state index contributed by atoms with van der Waals surface area (Å²) in [6, 6.07) is 20.6. The smallest absolute Gasteiger partial charge is 0.475 e. The van der Waals surface area contributed by atoms with Crippen LogP contribution in [-0.4, -0.2) is 72.5 Å². The lowest BCUT2D eigenvalue weighted by molar-refractivity contribution is -0.192. The Kier molecular flexibility index (Phi) is 8.70. The number of piperazine rings is 1. The number of alkyl halides is 3. The number of fused-ring (bicyclic) bond motifs is 2. The zero-order valence-corrected chi connectivity index (χ0v) is 20.5. The van der Waals surface area contributed by atoms with Crippen molar-refractivity contribution in [1.82, 2.24) is 9.80 Å². The lowest BCUT2D eigenvalue weighted by Gasteiger charge is -2.34. The molecule has 0 bridgehead atoms. The number of carbonyl (C=O) groups is 2. The van der Waals surface area contributed by atoms with Crippen LogP contribution in [0.15, 0.2) is 60.7 Å². The average Bonchev–Trinajstić information content (AvgIpc) is 3.36. The second-order valence-corrected chi connectivity index (χ2v) is 8.93. The lowest BCUT2D eigenvalue weighted by atomic mass is 10.0. The van der Waals surface area contributed by atoms with E-state index >= 15 is 0 Å². The van der Waals surface area contributed by atoms with Crippen LogP contribution in [0.5, 0.6) is 11.5 Å². The van der Waals surface area contributed by atoms with E-state index in [1.807, 2.05) is 18.2 Å². The van der Waals surface area contributed by atoms with Crippen LogP contribution >= 0.6 is 0 Å². The van der Waals surface area contributed by atoms with Crippen LogP contribution in [0.4, 0.5) is 18.9 Å². The van der Waals surface area contributed by atoms with E-state index in [9.17, 15) is 18.0 Å². The zero-order chi connectivity index (χ0) is 27.1. The first-order chi connectivity index (χ1) is 18.2. The molecular formula is C27H28F3N3O5. The molecule has 3 aromatic carbocycles. The van der Waals surface area contributed by atoms with E-state index in [2.05, 4.69) is 57.6 Å². The number of aliphatic carboxylic acids is 1. The Morgan fingerprint density at radius 1 is 0.895 bits per heavy atom. The van der Waals surface area contributed by atoms with Crippen LogP contribution in [0, 0.1) is 0 Å². The zero-order valence-electron chi connectivity index (χ0n) is 20.5. The first kappa shape index (κ1) is 27.2. The number of halogens is 3. The third-order valence-corrected chi connectivity index (χ3v) is 6.29. The summed E-state index contributed by atoms with van der Waals surface area (Å²) in [5.74, 6) is -1.33. The lowest BCUT2D eigenvalue weighted by Crippen LogP contribution is -2.46. The second-order valence-electron chi connectivity index (χ2n) is 8.93. The minimum Gasteiger partial charge on any atom is -0.475 e. The Morgan fingerprint density at radius 3 is 2.29 bits per heavy atom. The van der Waals surface area contributed by atoms with Gasteiger partial charge >= 0.3 is 12.1 Å². The molecule has 0 saturated carbocycles. The third kappa shape index (κ3) is 7.36. The second kappa shape index (κ2) is 12.1. The molecule has 0 unspecified atom stereocenters. The van der Waals surface area contributed by atoms with Crippen LogP contribution in [0.2, 0.25) is 0 Å². The van der Waals surface area contributed by atoms with Gasteiger partial charge in [-0.25, -0.2) is 4.79 Å². The number of hydrogen-bond acceptors (Lipinski definition) is 6. The van der Waals surface area contributed by atoms with E-state index in [0.717, 1.165) is 50.7 Å². The molecule has 0 aromatic heterocycles. The molecule has 2 aliphatic heterocycles. The number of nitrogens with one attached hydrogen (secondary N) is 1. The fraction of sp³-hybridized carbons (Fsp3) is 0.333. The van der Waals surface area contributed by atoms with Gasteiger partial charge in [0.25, 0.3) is 0 Å². The standard InChI is InChI=1S/C25H27N3O3.C2HF3O2/c29-25(26-21-8-9-23-24(16-21)31-18-30-23)10-11-27-12-14-28(15-13-27)17-20-6-3-5-19-4-1-2-7-22(19)20;3-2(4,5)1(6)7/h1-9,16H,10-15,17-18H2,(H,26,29);(H,6,7). The molecule has 1 amide bonds.